The highest BCUT2D eigenvalue weighted by Gasteiger charge is 2.49. The van der Waals surface area contributed by atoms with Gasteiger partial charge in [0.05, 0.1) is 16.8 Å². The Balaban J connectivity index is 2.29. The van der Waals surface area contributed by atoms with E-state index < -0.39 is 5.60 Å². The Hall–Kier alpha value is -1.82. The van der Waals surface area contributed by atoms with E-state index in [-0.39, 0.29) is 17.5 Å². The van der Waals surface area contributed by atoms with Crippen molar-refractivity contribution in [2.24, 2.45) is 5.10 Å². The van der Waals surface area contributed by atoms with E-state index in [1.807, 2.05) is 23.9 Å². The number of aliphatic hydroxyl groups is 1. The molecule has 5 nitrogen and oxygen atoms in total. The number of benzene rings is 1. The summed E-state index contributed by atoms with van der Waals surface area (Å²) in [5, 5.41) is 20.2. The van der Waals surface area contributed by atoms with Crippen LogP contribution in [0.4, 0.5) is 15.8 Å². The minimum atomic E-state index is -1.07. The Morgan fingerprint density at radius 1 is 1.36 bits per heavy atom. The summed E-state index contributed by atoms with van der Waals surface area (Å²) in [6, 6.07) is 3.05. The zero-order valence-corrected chi connectivity index (χ0v) is 13.9. The highest BCUT2D eigenvalue weighted by molar-refractivity contribution is 6.02. The van der Waals surface area contributed by atoms with Crippen molar-refractivity contribution in [3.63, 3.8) is 0 Å². The lowest BCUT2D eigenvalue weighted by atomic mass is 9.88. The van der Waals surface area contributed by atoms with Gasteiger partial charge in [0.1, 0.15) is 23.5 Å². The lowest BCUT2D eigenvalue weighted by Gasteiger charge is -2.48. The molecule has 0 spiro atoms. The number of nitrogens with one attached hydrogen (secondary N) is 1. The maximum atomic E-state index is 14.6. The van der Waals surface area contributed by atoms with E-state index >= 15 is 0 Å². The quantitative estimate of drug-likeness (QED) is 0.837. The van der Waals surface area contributed by atoms with Crippen LogP contribution in [-0.2, 0) is 5.60 Å². The number of hydrogen-bond acceptors (Lipinski definition) is 5. The summed E-state index contributed by atoms with van der Waals surface area (Å²) in [7, 11) is 1.89. The largest absolute Gasteiger partial charge is 0.386 e. The van der Waals surface area contributed by atoms with Gasteiger partial charge in [-0.2, -0.15) is 5.10 Å². The number of hydrazone groups is 1. The number of fused-ring (bicyclic) bond motifs is 3. The molecule has 22 heavy (non-hydrogen) atoms. The topological polar surface area (TPSA) is 51.1 Å². The van der Waals surface area contributed by atoms with Crippen molar-refractivity contribution in [2.45, 2.75) is 51.9 Å². The van der Waals surface area contributed by atoms with Gasteiger partial charge in [-0.1, -0.05) is 6.07 Å². The van der Waals surface area contributed by atoms with Crippen LogP contribution in [0.5, 0.6) is 0 Å². The molecule has 0 saturated heterocycles. The van der Waals surface area contributed by atoms with Crippen LogP contribution in [0.3, 0.4) is 0 Å². The zero-order valence-electron chi connectivity index (χ0n) is 13.9. The lowest BCUT2D eigenvalue weighted by molar-refractivity contribution is 0.0788. The summed E-state index contributed by atoms with van der Waals surface area (Å²) in [6.45, 7) is 9.39. The molecule has 1 unspecified atom stereocenters. The molecular weight excluding hydrogens is 283 g/mol. The molecule has 0 radical (unpaired) electrons. The maximum Gasteiger partial charge on any atom is 0.149 e. The first kappa shape index (κ1) is 15.1. The van der Waals surface area contributed by atoms with E-state index in [1.54, 1.807) is 19.9 Å². The second-order valence-electron chi connectivity index (χ2n) is 7.19. The van der Waals surface area contributed by atoms with Gasteiger partial charge in [0.25, 0.3) is 0 Å². The smallest absolute Gasteiger partial charge is 0.149 e. The zero-order chi connectivity index (χ0) is 16.4. The van der Waals surface area contributed by atoms with Crippen LogP contribution in [0.2, 0.25) is 0 Å². The maximum absolute atomic E-state index is 14.6. The normalized spacial score (nSPS) is 22.9. The average molecular weight is 306 g/mol. The Labute approximate surface area is 130 Å². The van der Waals surface area contributed by atoms with E-state index in [0.717, 1.165) is 5.84 Å². The molecule has 0 fully saturated rings. The van der Waals surface area contributed by atoms with Gasteiger partial charge >= 0.3 is 0 Å². The molecule has 1 atom stereocenters. The number of hydrogen-bond donors (Lipinski definition) is 2. The first-order chi connectivity index (χ1) is 10.0. The van der Waals surface area contributed by atoms with Crippen molar-refractivity contribution in [3.05, 3.63) is 23.5 Å². The number of halogens is 1. The van der Waals surface area contributed by atoms with E-state index in [2.05, 4.69) is 24.3 Å². The van der Waals surface area contributed by atoms with Gasteiger partial charge in [0, 0.05) is 12.6 Å². The van der Waals surface area contributed by atoms with Gasteiger partial charge in [-0.05, 0) is 40.7 Å². The third kappa shape index (κ3) is 1.97. The van der Waals surface area contributed by atoms with Gasteiger partial charge in [-0.3, -0.25) is 9.91 Å². The number of amidine groups is 1. The molecule has 1 aromatic carbocycles. The fourth-order valence-corrected chi connectivity index (χ4v) is 3.57. The van der Waals surface area contributed by atoms with Gasteiger partial charge in [0.15, 0.2) is 0 Å². The van der Waals surface area contributed by atoms with E-state index in [9.17, 15) is 9.50 Å². The monoisotopic (exact) mass is 306 g/mol. The first-order valence-electron chi connectivity index (χ1n) is 7.45. The summed E-state index contributed by atoms with van der Waals surface area (Å²) in [5.41, 5.74) is 0.340. The molecular formula is C16H23FN4O. The van der Waals surface area contributed by atoms with Gasteiger partial charge in [-0.25, -0.2) is 4.39 Å². The van der Waals surface area contributed by atoms with Gasteiger partial charge < -0.3 is 10.4 Å². The molecule has 0 aliphatic carbocycles. The molecule has 2 aliphatic heterocycles. The van der Waals surface area contributed by atoms with Crippen LogP contribution in [0.15, 0.2) is 17.2 Å². The molecule has 0 aromatic heterocycles. The van der Waals surface area contributed by atoms with Crippen molar-refractivity contribution < 1.29 is 9.50 Å². The van der Waals surface area contributed by atoms with Crippen LogP contribution in [0, 0.1) is 5.82 Å². The SMILES string of the molecule is CC1=NN(C)C2N1c1c(F)ccc(C(C)(C)O)c1NC2(C)C. The molecule has 0 bridgehead atoms. The Kier molecular flexibility index (Phi) is 2.98. The van der Waals surface area contributed by atoms with Crippen molar-refractivity contribution in [1.82, 2.24) is 5.01 Å². The van der Waals surface area contributed by atoms with E-state index in [1.165, 1.54) is 6.07 Å². The van der Waals surface area contributed by atoms with Crippen LogP contribution in [0.25, 0.3) is 0 Å². The van der Waals surface area contributed by atoms with Crippen LogP contribution < -0.4 is 10.2 Å². The van der Waals surface area contributed by atoms with Gasteiger partial charge in [-0.15, -0.1) is 0 Å². The molecule has 120 valence electrons. The number of likely N-dealkylation sites (N-methyl/N-ethyl adjacent to an activating group) is 1. The molecule has 2 N–H and O–H groups in total. The predicted octanol–water partition coefficient (Wildman–Crippen LogP) is 2.67. The minimum Gasteiger partial charge on any atom is -0.386 e. The second-order valence-corrected chi connectivity index (χ2v) is 7.19. The number of anilines is 2. The third-order valence-electron chi connectivity index (χ3n) is 4.37. The predicted molar refractivity (Wildman–Crippen MR) is 86.5 cm³/mol. The second kappa shape index (κ2) is 4.35. The summed E-state index contributed by atoms with van der Waals surface area (Å²) in [5.74, 6) is 0.427. The Bertz CT molecular complexity index is 663. The molecule has 1 aromatic rings. The van der Waals surface area contributed by atoms with Crippen LogP contribution in [-0.4, -0.2) is 34.7 Å². The van der Waals surface area contributed by atoms with E-state index in [0.29, 0.717) is 16.9 Å². The minimum absolute atomic E-state index is 0.119. The van der Waals surface area contributed by atoms with Crippen molar-refractivity contribution in [1.29, 1.82) is 0 Å². The van der Waals surface area contributed by atoms with Crippen molar-refractivity contribution in [3.8, 4) is 0 Å². The lowest BCUT2D eigenvalue weighted by Crippen LogP contribution is -2.61. The number of rotatable bonds is 1. The summed E-state index contributed by atoms with van der Waals surface area (Å²) >= 11 is 0. The van der Waals surface area contributed by atoms with Crippen LogP contribution in [0.1, 0.15) is 40.2 Å². The highest BCUT2D eigenvalue weighted by Crippen LogP contribution is 2.47. The van der Waals surface area contributed by atoms with Crippen molar-refractivity contribution >= 4 is 17.2 Å². The molecule has 6 heteroatoms. The summed E-state index contributed by atoms with van der Waals surface area (Å²) in [6.07, 6.45) is -0.119. The van der Waals surface area contributed by atoms with Crippen molar-refractivity contribution in [2.75, 3.05) is 17.3 Å². The average Bonchev–Trinajstić information content (AvgIpc) is 2.63. The number of nitrogens with zero attached hydrogens (tertiary/aromatic N) is 3. The fraction of sp³-hybridized carbons (Fsp3) is 0.562. The first-order valence-corrected chi connectivity index (χ1v) is 7.45. The fourth-order valence-electron chi connectivity index (χ4n) is 3.57. The highest BCUT2D eigenvalue weighted by atomic mass is 19.1. The molecule has 2 heterocycles. The standard InChI is InChI=1S/C16H23FN4O/c1-9-19-20(6)14-15(2,3)18-12-10(16(4,5)22)7-8-11(17)13(12)21(9)14/h7-8,14,18,22H,1-6H3. The summed E-state index contributed by atoms with van der Waals surface area (Å²) in [4.78, 5) is 1.91. The Morgan fingerprint density at radius 2 is 2.00 bits per heavy atom. The van der Waals surface area contributed by atoms with E-state index in [4.69, 9.17) is 0 Å². The third-order valence-corrected chi connectivity index (χ3v) is 4.37. The molecule has 3 rings (SSSR count). The molecule has 2 aliphatic rings. The van der Waals surface area contributed by atoms with Gasteiger partial charge in [0.2, 0.25) is 0 Å². The molecule has 0 amide bonds. The Morgan fingerprint density at radius 3 is 2.59 bits per heavy atom. The van der Waals surface area contributed by atoms with Crippen LogP contribution >= 0.6 is 0 Å². The molecule has 0 saturated carbocycles. The summed E-state index contributed by atoms with van der Waals surface area (Å²) < 4.78 is 14.6.